The first-order valence-corrected chi connectivity index (χ1v) is 4.05. The van der Waals surface area contributed by atoms with Crippen LogP contribution in [0.1, 0.15) is 0 Å². The van der Waals surface area contributed by atoms with Crippen molar-refractivity contribution in [2.45, 2.75) is 0 Å². The summed E-state index contributed by atoms with van der Waals surface area (Å²) in [6.45, 7) is 0. The van der Waals surface area contributed by atoms with Gasteiger partial charge in [-0.3, -0.25) is 5.41 Å². The molecule has 74 valence electrons. The smallest absolute Gasteiger partial charge is 0.223 e. The lowest BCUT2D eigenvalue weighted by Crippen LogP contribution is -1.79. The third-order valence-electron chi connectivity index (χ3n) is 1.56. The first-order valence-electron chi connectivity index (χ1n) is 4.05. The van der Waals surface area contributed by atoms with Crippen molar-refractivity contribution < 1.29 is 4.74 Å². The van der Waals surface area contributed by atoms with E-state index in [4.69, 9.17) is 15.4 Å². The van der Waals surface area contributed by atoms with Gasteiger partial charge in [0.2, 0.25) is 5.70 Å². The number of azo groups is 1. The van der Waals surface area contributed by atoms with E-state index >= 15 is 0 Å². The fraction of sp³-hybridized carbons (Fsp3) is 0.100. The van der Waals surface area contributed by atoms with E-state index in [-0.39, 0.29) is 5.70 Å². The van der Waals surface area contributed by atoms with Crippen LogP contribution in [0.5, 0.6) is 5.75 Å². The maximum Gasteiger partial charge on any atom is 0.223 e. The molecule has 0 saturated carbocycles. The second-order valence-electron chi connectivity index (χ2n) is 2.48. The van der Waals surface area contributed by atoms with Gasteiger partial charge in [-0.1, -0.05) is 0 Å². The van der Waals surface area contributed by atoms with Crippen molar-refractivity contribution in [1.82, 2.24) is 0 Å². The van der Waals surface area contributed by atoms with Gasteiger partial charge in [-0.15, -0.1) is 10.2 Å². The Balaban J connectivity index is 2.82. The van der Waals surface area contributed by atoms with Gasteiger partial charge in [0.25, 0.3) is 0 Å². The number of nitriles is 1. The first-order chi connectivity index (χ1) is 7.30. The Labute approximate surface area is 86.8 Å². The lowest BCUT2D eigenvalue weighted by atomic mass is 10.3. The van der Waals surface area contributed by atoms with Gasteiger partial charge < -0.3 is 4.74 Å². The number of rotatable bonds is 3. The van der Waals surface area contributed by atoms with Crippen molar-refractivity contribution in [3.05, 3.63) is 30.0 Å². The summed E-state index contributed by atoms with van der Waals surface area (Å²) in [7, 11) is 1.57. The summed E-state index contributed by atoms with van der Waals surface area (Å²) >= 11 is 0. The van der Waals surface area contributed by atoms with E-state index in [2.05, 4.69) is 10.2 Å². The van der Waals surface area contributed by atoms with E-state index in [1.54, 1.807) is 37.4 Å². The van der Waals surface area contributed by atoms with E-state index in [0.717, 1.165) is 5.75 Å². The fourth-order valence-electron chi connectivity index (χ4n) is 0.832. The molecular weight excluding hydrogens is 192 g/mol. The Morgan fingerprint density at radius 3 is 2.53 bits per heavy atom. The Morgan fingerprint density at radius 1 is 1.40 bits per heavy atom. The fourth-order valence-corrected chi connectivity index (χ4v) is 0.832. The molecule has 0 aliphatic rings. The van der Waals surface area contributed by atoms with Gasteiger partial charge in [-0.25, -0.2) is 0 Å². The van der Waals surface area contributed by atoms with Crippen molar-refractivity contribution in [1.29, 1.82) is 10.7 Å². The predicted molar refractivity (Wildman–Crippen MR) is 54.4 cm³/mol. The summed E-state index contributed by atoms with van der Waals surface area (Å²) in [5.74, 6) is 2.58. The number of benzene rings is 1. The van der Waals surface area contributed by atoms with Crippen LogP contribution >= 0.6 is 0 Å². The summed E-state index contributed by atoms with van der Waals surface area (Å²) in [5, 5.41) is 22.4. The molecule has 0 aliphatic carbocycles. The molecular formula is C10H8N4O. The number of allylic oxidation sites excluding steroid dienone is 1. The van der Waals surface area contributed by atoms with Crippen LogP contribution in [0.4, 0.5) is 5.69 Å². The molecule has 0 heterocycles. The van der Waals surface area contributed by atoms with Gasteiger partial charge in [0.15, 0.2) is 0 Å². The zero-order chi connectivity index (χ0) is 11.1. The van der Waals surface area contributed by atoms with Crippen molar-refractivity contribution in [2.75, 3.05) is 7.11 Å². The summed E-state index contributed by atoms with van der Waals surface area (Å²) in [5.41, 5.74) is 0.421. The number of ether oxygens (including phenoxy) is 1. The second kappa shape index (κ2) is 5.32. The van der Waals surface area contributed by atoms with Gasteiger partial charge in [0, 0.05) is 5.87 Å². The van der Waals surface area contributed by atoms with Crippen LogP contribution in [0.2, 0.25) is 0 Å². The number of nitrogens with one attached hydrogen (secondary N) is 1. The molecule has 0 aliphatic heterocycles. The molecule has 0 fully saturated rings. The molecule has 1 rings (SSSR count). The van der Waals surface area contributed by atoms with Gasteiger partial charge in [0.05, 0.1) is 12.8 Å². The van der Waals surface area contributed by atoms with E-state index in [1.807, 2.05) is 5.87 Å². The van der Waals surface area contributed by atoms with Crippen LogP contribution in [-0.4, -0.2) is 13.0 Å². The number of methoxy groups -OCH3 is 1. The predicted octanol–water partition coefficient (Wildman–Crippen LogP) is 2.43. The number of nitrogens with zero attached hydrogens (tertiary/aromatic N) is 3. The summed E-state index contributed by atoms with van der Waals surface area (Å²) in [6.07, 6.45) is 0. The highest BCUT2D eigenvalue weighted by Crippen LogP contribution is 2.18. The van der Waals surface area contributed by atoms with Crippen LogP contribution < -0.4 is 4.74 Å². The highest BCUT2D eigenvalue weighted by Gasteiger charge is 1.93. The Morgan fingerprint density at radius 2 is 2.07 bits per heavy atom. The van der Waals surface area contributed by atoms with E-state index in [0.29, 0.717) is 5.69 Å². The quantitative estimate of drug-likeness (QED) is 0.461. The van der Waals surface area contributed by atoms with Crippen LogP contribution in [0.15, 0.2) is 40.2 Å². The maximum absolute atomic E-state index is 8.44. The van der Waals surface area contributed by atoms with Crippen LogP contribution in [0, 0.1) is 16.7 Å². The molecule has 0 amide bonds. The minimum atomic E-state index is -0.161. The summed E-state index contributed by atoms with van der Waals surface area (Å²) in [6, 6.07) is 8.53. The number of hydrogen-bond acceptors (Lipinski definition) is 5. The topological polar surface area (TPSA) is 81.6 Å². The third-order valence-corrected chi connectivity index (χ3v) is 1.56. The molecule has 0 radical (unpaired) electrons. The average Bonchev–Trinajstić information content (AvgIpc) is 2.31. The Kier molecular flexibility index (Phi) is 3.78. The Bertz CT molecular complexity index is 449. The molecule has 1 N–H and O–H groups in total. The maximum atomic E-state index is 8.44. The van der Waals surface area contributed by atoms with E-state index in [9.17, 15) is 0 Å². The van der Waals surface area contributed by atoms with Crippen molar-refractivity contribution in [3.8, 4) is 11.8 Å². The van der Waals surface area contributed by atoms with Crippen LogP contribution in [0.3, 0.4) is 0 Å². The molecule has 1 aromatic carbocycles. The summed E-state index contributed by atoms with van der Waals surface area (Å²) in [4.78, 5) is 0. The molecule has 5 heteroatoms. The van der Waals surface area contributed by atoms with E-state index in [1.165, 1.54) is 0 Å². The molecule has 0 bridgehead atoms. The van der Waals surface area contributed by atoms with Crippen LogP contribution in [0.25, 0.3) is 0 Å². The normalized spacial score (nSPS) is 9.33. The standard InChI is InChI=1S/C10H8N4O/c1-15-10-4-2-8(3-5-10)13-14-9(6-11)7-12/h2-5,11H,1H3. The summed E-state index contributed by atoms with van der Waals surface area (Å²) < 4.78 is 4.96. The lowest BCUT2D eigenvalue weighted by molar-refractivity contribution is 0.415. The van der Waals surface area contributed by atoms with Crippen molar-refractivity contribution in [3.63, 3.8) is 0 Å². The van der Waals surface area contributed by atoms with Gasteiger partial charge in [0.1, 0.15) is 11.8 Å². The van der Waals surface area contributed by atoms with Gasteiger partial charge >= 0.3 is 0 Å². The molecule has 5 nitrogen and oxygen atoms in total. The highest BCUT2D eigenvalue weighted by molar-refractivity contribution is 5.59. The molecule has 15 heavy (non-hydrogen) atoms. The lowest BCUT2D eigenvalue weighted by Gasteiger charge is -1.97. The molecule has 0 spiro atoms. The second-order valence-corrected chi connectivity index (χ2v) is 2.48. The van der Waals surface area contributed by atoms with Gasteiger partial charge in [-0.05, 0) is 24.3 Å². The third kappa shape index (κ3) is 3.07. The van der Waals surface area contributed by atoms with Crippen LogP contribution in [-0.2, 0) is 0 Å². The minimum Gasteiger partial charge on any atom is -0.497 e. The highest BCUT2D eigenvalue weighted by atomic mass is 16.5. The average molecular weight is 200 g/mol. The van der Waals surface area contributed by atoms with Gasteiger partial charge in [-0.2, -0.15) is 5.26 Å². The molecule has 0 unspecified atom stereocenters. The SMILES string of the molecule is COc1ccc(N=NC(=C=N)C#N)cc1. The number of hydrogen-bond donors (Lipinski definition) is 1. The zero-order valence-electron chi connectivity index (χ0n) is 8.06. The molecule has 0 aromatic heterocycles. The first kappa shape index (κ1) is 10.6. The Hall–Kier alpha value is -2.44. The minimum absolute atomic E-state index is 0.161. The molecule has 1 aromatic rings. The van der Waals surface area contributed by atoms with Crippen molar-refractivity contribution >= 4 is 11.6 Å². The zero-order valence-corrected chi connectivity index (χ0v) is 8.06. The van der Waals surface area contributed by atoms with Crippen molar-refractivity contribution in [2.24, 2.45) is 10.2 Å². The largest absolute Gasteiger partial charge is 0.497 e. The van der Waals surface area contributed by atoms with E-state index < -0.39 is 0 Å². The molecule has 0 saturated heterocycles. The molecule has 0 atom stereocenters. The monoisotopic (exact) mass is 200 g/mol.